The van der Waals surface area contributed by atoms with E-state index in [0.717, 1.165) is 25.8 Å². The van der Waals surface area contributed by atoms with Crippen molar-refractivity contribution in [2.75, 3.05) is 24.6 Å². The normalized spacial score (nSPS) is 36.3. The number of sulfone groups is 1. The van der Waals surface area contributed by atoms with Crippen LogP contribution in [0, 0.1) is 0 Å². The van der Waals surface area contributed by atoms with Crippen LogP contribution in [-0.2, 0) is 14.6 Å². The molecule has 0 aromatic heterocycles. The van der Waals surface area contributed by atoms with Crippen LogP contribution in [0.1, 0.15) is 33.1 Å². The van der Waals surface area contributed by atoms with Gasteiger partial charge < -0.3 is 10.2 Å². The Hall–Kier alpha value is -0.620. The van der Waals surface area contributed by atoms with Crippen molar-refractivity contribution in [3.05, 3.63) is 0 Å². The first-order chi connectivity index (χ1) is 8.34. The number of carbonyl (C=O) groups is 1. The summed E-state index contributed by atoms with van der Waals surface area (Å²) in [5.74, 6) is 0.248. The Kier molecular flexibility index (Phi) is 3.69. The quantitative estimate of drug-likeness (QED) is 0.740. The maximum absolute atomic E-state index is 12.6. The highest BCUT2D eigenvalue weighted by Gasteiger charge is 2.41. The SMILES string of the molecule is CC1CS(=O)(=O)CCN1C(=O)C1(C)CCCCN1. The van der Waals surface area contributed by atoms with Crippen LogP contribution in [0.3, 0.4) is 0 Å². The maximum Gasteiger partial charge on any atom is 0.242 e. The average Bonchev–Trinajstić information content (AvgIpc) is 2.28. The van der Waals surface area contributed by atoms with Gasteiger partial charge in [-0.15, -0.1) is 0 Å². The number of nitrogens with one attached hydrogen (secondary N) is 1. The number of rotatable bonds is 1. The van der Waals surface area contributed by atoms with Crippen molar-refractivity contribution in [3.63, 3.8) is 0 Å². The van der Waals surface area contributed by atoms with E-state index in [1.807, 2.05) is 13.8 Å². The van der Waals surface area contributed by atoms with Gasteiger partial charge in [-0.1, -0.05) is 0 Å². The van der Waals surface area contributed by atoms with Crippen molar-refractivity contribution in [2.24, 2.45) is 0 Å². The van der Waals surface area contributed by atoms with Gasteiger partial charge in [0, 0.05) is 12.6 Å². The van der Waals surface area contributed by atoms with Crippen LogP contribution in [0.25, 0.3) is 0 Å². The number of piperidine rings is 1. The van der Waals surface area contributed by atoms with E-state index in [2.05, 4.69) is 5.32 Å². The second-order valence-electron chi connectivity index (χ2n) is 5.68. The third-order valence-electron chi connectivity index (χ3n) is 4.02. The predicted octanol–water partition coefficient (Wildman–Crippen LogP) is 0.164. The molecule has 2 aliphatic heterocycles. The van der Waals surface area contributed by atoms with E-state index in [-0.39, 0.29) is 23.5 Å². The Morgan fingerprint density at radius 3 is 2.67 bits per heavy atom. The fourth-order valence-electron chi connectivity index (χ4n) is 2.86. The molecule has 0 saturated carbocycles. The molecule has 0 aliphatic carbocycles. The van der Waals surface area contributed by atoms with Gasteiger partial charge >= 0.3 is 0 Å². The summed E-state index contributed by atoms with van der Waals surface area (Å²) in [6.07, 6.45) is 2.99. The lowest BCUT2D eigenvalue weighted by atomic mass is 9.89. The zero-order valence-electron chi connectivity index (χ0n) is 11.1. The minimum absolute atomic E-state index is 0.0598. The molecule has 0 spiro atoms. The first-order valence-corrected chi connectivity index (χ1v) is 8.43. The summed E-state index contributed by atoms with van der Waals surface area (Å²) in [6, 6.07) is -0.211. The fraction of sp³-hybridized carbons (Fsp3) is 0.917. The number of carbonyl (C=O) groups excluding carboxylic acids is 1. The minimum Gasteiger partial charge on any atom is -0.336 e. The smallest absolute Gasteiger partial charge is 0.242 e. The molecule has 0 bridgehead atoms. The molecular formula is C12H22N2O3S. The van der Waals surface area contributed by atoms with Crippen molar-refractivity contribution in [1.29, 1.82) is 0 Å². The van der Waals surface area contributed by atoms with E-state index in [1.165, 1.54) is 0 Å². The lowest BCUT2D eigenvalue weighted by Crippen LogP contribution is -2.62. The summed E-state index contributed by atoms with van der Waals surface area (Å²) in [6.45, 7) is 4.95. The molecule has 2 atom stereocenters. The molecule has 2 fully saturated rings. The minimum atomic E-state index is -2.96. The average molecular weight is 274 g/mol. The maximum atomic E-state index is 12.6. The van der Waals surface area contributed by atoms with Crippen LogP contribution in [-0.4, -0.2) is 55.4 Å². The second-order valence-corrected chi connectivity index (χ2v) is 7.91. The number of amides is 1. The van der Waals surface area contributed by atoms with Gasteiger partial charge in [-0.25, -0.2) is 8.42 Å². The number of nitrogens with zero attached hydrogens (tertiary/aromatic N) is 1. The molecule has 1 amide bonds. The molecule has 1 N–H and O–H groups in total. The Balaban J connectivity index is 2.09. The van der Waals surface area contributed by atoms with Crippen molar-refractivity contribution in [2.45, 2.75) is 44.7 Å². The van der Waals surface area contributed by atoms with Gasteiger partial charge in [0.05, 0.1) is 17.0 Å². The molecule has 104 valence electrons. The largest absolute Gasteiger partial charge is 0.336 e. The third kappa shape index (κ3) is 2.69. The van der Waals surface area contributed by atoms with Gasteiger partial charge in [0.15, 0.2) is 9.84 Å². The zero-order chi connectivity index (χ0) is 13.4. The van der Waals surface area contributed by atoms with Gasteiger partial charge in [0.1, 0.15) is 0 Å². The lowest BCUT2D eigenvalue weighted by Gasteiger charge is -2.42. The molecule has 18 heavy (non-hydrogen) atoms. The molecule has 2 heterocycles. The first-order valence-electron chi connectivity index (χ1n) is 6.61. The van der Waals surface area contributed by atoms with Crippen molar-refractivity contribution >= 4 is 15.7 Å². The molecule has 0 aromatic rings. The van der Waals surface area contributed by atoms with Crippen molar-refractivity contribution in [3.8, 4) is 0 Å². The molecule has 6 heteroatoms. The molecule has 2 aliphatic rings. The summed E-state index contributed by atoms with van der Waals surface area (Å²) in [5.41, 5.74) is -0.506. The third-order valence-corrected chi connectivity index (χ3v) is 5.82. The summed E-state index contributed by atoms with van der Waals surface area (Å²) in [5, 5.41) is 3.29. The van der Waals surface area contributed by atoms with Gasteiger partial charge in [0.2, 0.25) is 5.91 Å². The summed E-state index contributed by atoms with van der Waals surface area (Å²) >= 11 is 0. The molecule has 0 aromatic carbocycles. The van der Waals surface area contributed by atoms with Crippen LogP contribution in [0.5, 0.6) is 0 Å². The first kappa shape index (κ1) is 13.8. The van der Waals surface area contributed by atoms with Crippen LogP contribution < -0.4 is 5.32 Å². The van der Waals surface area contributed by atoms with Gasteiger partial charge in [-0.3, -0.25) is 4.79 Å². The highest BCUT2D eigenvalue weighted by Crippen LogP contribution is 2.24. The molecule has 2 unspecified atom stereocenters. The molecule has 2 saturated heterocycles. The Morgan fingerprint density at radius 2 is 2.11 bits per heavy atom. The second kappa shape index (κ2) is 4.81. The highest BCUT2D eigenvalue weighted by atomic mass is 32.2. The van der Waals surface area contributed by atoms with Crippen LogP contribution in [0.4, 0.5) is 0 Å². The van der Waals surface area contributed by atoms with E-state index < -0.39 is 15.4 Å². The van der Waals surface area contributed by atoms with Crippen LogP contribution in [0.15, 0.2) is 0 Å². The Morgan fingerprint density at radius 1 is 1.39 bits per heavy atom. The molecule has 0 radical (unpaired) electrons. The summed E-state index contributed by atoms with van der Waals surface area (Å²) in [4.78, 5) is 14.3. The summed E-state index contributed by atoms with van der Waals surface area (Å²) in [7, 11) is -2.96. The predicted molar refractivity (Wildman–Crippen MR) is 70.1 cm³/mol. The monoisotopic (exact) mass is 274 g/mol. The van der Waals surface area contributed by atoms with Gasteiger partial charge in [-0.05, 0) is 39.7 Å². The number of hydrogen-bond acceptors (Lipinski definition) is 4. The lowest BCUT2D eigenvalue weighted by molar-refractivity contribution is -0.140. The van der Waals surface area contributed by atoms with Gasteiger partial charge in [0.25, 0.3) is 0 Å². The number of hydrogen-bond donors (Lipinski definition) is 1. The van der Waals surface area contributed by atoms with Crippen LogP contribution >= 0.6 is 0 Å². The topological polar surface area (TPSA) is 66.5 Å². The molecule has 2 rings (SSSR count). The van der Waals surface area contributed by atoms with E-state index in [0.29, 0.717) is 6.54 Å². The summed E-state index contributed by atoms with van der Waals surface area (Å²) < 4.78 is 23.1. The molecular weight excluding hydrogens is 252 g/mol. The fourth-order valence-corrected chi connectivity index (χ4v) is 4.41. The van der Waals surface area contributed by atoms with E-state index >= 15 is 0 Å². The van der Waals surface area contributed by atoms with E-state index in [1.54, 1.807) is 4.90 Å². The Bertz CT molecular complexity index is 427. The van der Waals surface area contributed by atoms with Crippen LogP contribution in [0.2, 0.25) is 0 Å². The van der Waals surface area contributed by atoms with E-state index in [9.17, 15) is 13.2 Å². The standard InChI is InChI=1S/C12H22N2O3S/c1-10-9-18(16,17)8-7-14(10)11(15)12(2)5-3-4-6-13-12/h10,13H,3-9H2,1-2H3. The van der Waals surface area contributed by atoms with E-state index in [4.69, 9.17) is 0 Å². The zero-order valence-corrected chi connectivity index (χ0v) is 11.9. The van der Waals surface area contributed by atoms with Gasteiger partial charge in [-0.2, -0.15) is 0 Å². The van der Waals surface area contributed by atoms with Crippen molar-refractivity contribution in [1.82, 2.24) is 10.2 Å². The highest BCUT2D eigenvalue weighted by molar-refractivity contribution is 7.91. The Labute approximate surface area is 109 Å². The van der Waals surface area contributed by atoms with Crippen molar-refractivity contribution < 1.29 is 13.2 Å². The molecule has 5 nitrogen and oxygen atoms in total.